The lowest BCUT2D eigenvalue weighted by Crippen LogP contribution is -2.10. The van der Waals surface area contributed by atoms with Crippen molar-refractivity contribution in [1.29, 1.82) is 0 Å². The van der Waals surface area contributed by atoms with E-state index in [1.165, 1.54) is 6.07 Å². The molecule has 0 amide bonds. The maximum atomic E-state index is 13.2. The molecule has 0 aliphatic rings. The second-order valence-electron chi connectivity index (χ2n) is 7.91. The molecule has 0 spiro atoms. The van der Waals surface area contributed by atoms with Crippen molar-refractivity contribution in [2.24, 2.45) is 0 Å². The number of hydrogen-bond donors (Lipinski definition) is 1. The second kappa shape index (κ2) is 9.21. The summed E-state index contributed by atoms with van der Waals surface area (Å²) in [5, 5.41) is 4.19. The Labute approximate surface area is 195 Å². The first-order valence-electron chi connectivity index (χ1n) is 10.6. The fourth-order valence-electron chi connectivity index (χ4n) is 3.83. The first-order valence-corrected chi connectivity index (χ1v) is 10.6. The van der Waals surface area contributed by atoms with Gasteiger partial charge in [-0.15, -0.1) is 0 Å². The van der Waals surface area contributed by atoms with E-state index in [-0.39, 0.29) is 6.04 Å². The van der Waals surface area contributed by atoms with E-state index in [1.54, 1.807) is 39.3 Å². The minimum absolute atomic E-state index is 0.184. The highest BCUT2D eigenvalue weighted by atomic mass is 19.4. The van der Waals surface area contributed by atoms with Crippen molar-refractivity contribution in [3.8, 4) is 22.6 Å². The SMILES string of the molecule is COc1cc2nc(C)nc(N[C@H](C)c3cccc(-c4cccc(C(F)(F)F)c4)c3)c2cc1OC. The first kappa shape index (κ1) is 23.4. The minimum Gasteiger partial charge on any atom is -0.493 e. The standard InChI is InChI=1S/C26H24F3N3O2/c1-15(17-7-5-8-18(11-17)19-9-6-10-20(12-19)26(27,28)29)30-25-21-13-23(33-3)24(34-4)14-22(21)31-16(2)32-25/h5-15H,1-4H3,(H,30,31,32)/t15-/m1/s1. The maximum Gasteiger partial charge on any atom is 0.416 e. The molecule has 1 aromatic heterocycles. The van der Waals surface area contributed by atoms with Crippen LogP contribution in [0.4, 0.5) is 19.0 Å². The van der Waals surface area contributed by atoms with Crippen molar-refractivity contribution in [2.75, 3.05) is 19.5 Å². The summed E-state index contributed by atoms with van der Waals surface area (Å²) in [7, 11) is 3.13. The number of anilines is 1. The van der Waals surface area contributed by atoms with E-state index in [0.717, 1.165) is 23.1 Å². The van der Waals surface area contributed by atoms with Crippen LogP contribution >= 0.6 is 0 Å². The molecule has 176 valence electrons. The molecule has 8 heteroatoms. The number of nitrogens with one attached hydrogen (secondary N) is 1. The van der Waals surface area contributed by atoms with E-state index in [0.29, 0.717) is 39.8 Å². The van der Waals surface area contributed by atoms with Gasteiger partial charge >= 0.3 is 6.18 Å². The lowest BCUT2D eigenvalue weighted by molar-refractivity contribution is -0.137. The van der Waals surface area contributed by atoms with Crippen molar-refractivity contribution < 1.29 is 22.6 Å². The van der Waals surface area contributed by atoms with Gasteiger partial charge in [-0.3, -0.25) is 0 Å². The lowest BCUT2D eigenvalue weighted by atomic mass is 9.98. The summed E-state index contributed by atoms with van der Waals surface area (Å²) in [4.78, 5) is 9.08. The quantitative estimate of drug-likeness (QED) is 0.337. The third kappa shape index (κ3) is 4.76. The van der Waals surface area contributed by atoms with Crippen molar-refractivity contribution in [1.82, 2.24) is 9.97 Å². The van der Waals surface area contributed by atoms with Crippen LogP contribution in [0.1, 0.15) is 29.9 Å². The van der Waals surface area contributed by atoms with Gasteiger partial charge in [0, 0.05) is 17.5 Å². The van der Waals surface area contributed by atoms with Crippen molar-refractivity contribution >= 4 is 16.7 Å². The number of hydrogen-bond acceptors (Lipinski definition) is 5. The minimum atomic E-state index is -4.39. The van der Waals surface area contributed by atoms with E-state index in [1.807, 2.05) is 31.2 Å². The molecule has 3 aromatic carbocycles. The first-order chi connectivity index (χ1) is 16.2. The summed E-state index contributed by atoms with van der Waals surface area (Å²) in [5.41, 5.74) is 2.14. The third-order valence-electron chi connectivity index (χ3n) is 5.58. The molecule has 1 N–H and O–H groups in total. The van der Waals surface area contributed by atoms with Crippen LogP contribution in [0.2, 0.25) is 0 Å². The molecule has 4 rings (SSSR count). The Morgan fingerprint density at radius 1 is 0.853 bits per heavy atom. The van der Waals surface area contributed by atoms with Gasteiger partial charge in [0.1, 0.15) is 11.6 Å². The van der Waals surface area contributed by atoms with E-state index in [2.05, 4.69) is 15.3 Å². The van der Waals surface area contributed by atoms with Crippen molar-refractivity contribution in [2.45, 2.75) is 26.1 Å². The lowest BCUT2D eigenvalue weighted by Gasteiger charge is -2.19. The Balaban J connectivity index is 1.68. The molecule has 34 heavy (non-hydrogen) atoms. The number of alkyl halides is 3. The van der Waals surface area contributed by atoms with Gasteiger partial charge in [-0.1, -0.05) is 30.3 Å². The third-order valence-corrected chi connectivity index (χ3v) is 5.58. The van der Waals surface area contributed by atoms with Gasteiger partial charge in [0.25, 0.3) is 0 Å². The van der Waals surface area contributed by atoms with Crippen LogP contribution in [-0.4, -0.2) is 24.2 Å². The number of aromatic nitrogens is 2. The molecular weight excluding hydrogens is 443 g/mol. The zero-order valence-electron chi connectivity index (χ0n) is 19.2. The molecule has 0 fully saturated rings. The number of ether oxygens (including phenoxy) is 2. The number of nitrogens with zero attached hydrogens (tertiary/aromatic N) is 2. The van der Waals surface area contributed by atoms with E-state index in [4.69, 9.17) is 9.47 Å². The highest BCUT2D eigenvalue weighted by Crippen LogP contribution is 2.36. The van der Waals surface area contributed by atoms with Crippen LogP contribution in [0.3, 0.4) is 0 Å². The van der Waals surface area contributed by atoms with Crippen LogP contribution in [0, 0.1) is 6.92 Å². The molecule has 0 radical (unpaired) electrons. The Kier molecular flexibility index (Phi) is 6.32. The number of fused-ring (bicyclic) bond motifs is 1. The van der Waals surface area contributed by atoms with Crippen molar-refractivity contribution in [3.05, 3.63) is 77.6 Å². The van der Waals surface area contributed by atoms with Crippen LogP contribution in [0.5, 0.6) is 11.5 Å². The molecule has 4 aromatic rings. The topological polar surface area (TPSA) is 56.3 Å². The summed E-state index contributed by atoms with van der Waals surface area (Å²) in [6.07, 6.45) is -4.39. The van der Waals surface area contributed by atoms with Gasteiger partial charge in [0.2, 0.25) is 0 Å². The van der Waals surface area contributed by atoms with Gasteiger partial charge < -0.3 is 14.8 Å². The summed E-state index contributed by atoms with van der Waals surface area (Å²) >= 11 is 0. The average Bonchev–Trinajstić information content (AvgIpc) is 2.82. The van der Waals surface area contributed by atoms with Gasteiger partial charge in [-0.25, -0.2) is 9.97 Å². The highest BCUT2D eigenvalue weighted by molar-refractivity contribution is 5.92. The van der Waals surface area contributed by atoms with E-state index < -0.39 is 11.7 Å². The molecule has 1 atom stereocenters. The largest absolute Gasteiger partial charge is 0.493 e. The van der Waals surface area contributed by atoms with Gasteiger partial charge in [-0.2, -0.15) is 13.2 Å². The Hall–Kier alpha value is -3.81. The van der Waals surface area contributed by atoms with Crippen LogP contribution in [0.15, 0.2) is 60.7 Å². The number of methoxy groups -OCH3 is 2. The van der Waals surface area contributed by atoms with Gasteiger partial charge in [0.05, 0.1) is 25.3 Å². The summed E-state index contributed by atoms with van der Waals surface area (Å²) < 4.78 is 50.3. The number of rotatable bonds is 6. The van der Waals surface area contributed by atoms with Crippen molar-refractivity contribution in [3.63, 3.8) is 0 Å². The number of halogens is 3. The fraction of sp³-hybridized carbons (Fsp3) is 0.231. The van der Waals surface area contributed by atoms with Gasteiger partial charge in [-0.05, 0) is 54.8 Å². The monoisotopic (exact) mass is 467 g/mol. The molecule has 0 bridgehead atoms. The van der Waals surface area contributed by atoms with Crippen LogP contribution < -0.4 is 14.8 Å². The smallest absolute Gasteiger partial charge is 0.416 e. The van der Waals surface area contributed by atoms with Crippen LogP contribution in [0.25, 0.3) is 22.0 Å². The Morgan fingerprint density at radius 3 is 2.18 bits per heavy atom. The molecule has 0 saturated carbocycles. The molecule has 0 aliphatic carbocycles. The number of aryl methyl sites for hydroxylation is 1. The molecule has 0 saturated heterocycles. The molecular formula is C26H24F3N3O2. The predicted octanol–water partition coefficient (Wildman–Crippen LogP) is 6.81. The van der Waals surface area contributed by atoms with Gasteiger partial charge in [0.15, 0.2) is 11.5 Å². The predicted molar refractivity (Wildman–Crippen MR) is 126 cm³/mol. The highest BCUT2D eigenvalue weighted by Gasteiger charge is 2.30. The summed E-state index contributed by atoms with van der Waals surface area (Å²) in [6.45, 7) is 3.77. The maximum absolute atomic E-state index is 13.2. The zero-order chi connectivity index (χ0) is 24.5. The van der Waals surface area contributed by atoms with E-state index >= 15 is 0 Å². The van der Waals surface area contributed by atoms with E-state index in [9.17, 15) is 13.2 Å². The fourth-order valence-corrected chi connectivity index (χ4v) is 3.83. The molecule has 1 heterocycles. The Morgan fingerprint density at radius 2 is 1.50 bits per heavy atom. The number of benzene rings is 3. The normalized spacial score (nSPS) is 12.4. The Bertz CT molecular complexity index is 1340. The molecule has 5 nitrogen and oxygen atoms in total. The molecule has 0 aliphatic heterocycles. The van der Waals surface area contributed by atoms with Crippen LogP contribution in [-0.2, 0) is 6.18 Å². The zero-order valence-corrected chi connectivity index (χ0v) is 19.2. The summed E-state index contributed by atoms with van der Waals surface area (Å²) in [6, 6.07) is 16.2. The summed E-state index contributed by atoms with van der Waals surface area (Å²) in [5.74, 6) is 2.35. The second-order valence-corrected chi connectivity index (χ2v) is 7.91. The average molecular weight is 467 g/mol. The molecule has 0 unspecified atom stereocenters.